The highest BCUT2D eigenvalue weighted by atomic mass is 16.5. The van der Waals surface area contributed by atoms with Crippen LogP contribution in [-0.4, -0.2) is 52.8 Å². The van der Waals surface area contributed by atoms with Gasteiger partial charge in [0.1, 0.15) is 0 Å². The molecule has 0 unspecified atom stereocenters. The topological polar surface area (TPSA) is 50.3 Å². The van der Waals surface area contributed by atoms with Gasteiger partial charge in [-0.3, -0.25) is 0 Å². The number of hydrogen-bond donors (Lipinski definition) is 1. The molecule has 2 fully saturated rings. The maximum absolute atomic E-state index is 6.11. The number of nitrogens with one attached hydrogen (secondary N) is 1. The first-order chi connectivity index (χ1) is 9.30. The van der Waals surface area contributed by atoms with Crippen molar-refractivity contribution in [3.8, 4) is 0 Å². The average molecular weight is 262 g/mol. The molecule has 104 valence electrons. The highest BCUT2D eigenvalue weighted by molar-refractivity contribution is 5.25. The van der Waals surface area contributed by atoms with E-state index in [9.17, 15) is 0 Å². The predicted molar refractivity (Wildman–Crippen MR) is 74.1 cm³/mol. The predicted octanol–water partition coefficient (Wildman–Crippen LogP) is 1.53. The molecule has 0 saturated carbocycles. The third-order valence-electron chi connectivity index (χ3n) is 4.32. The van der Waals surface area contributed by atoms with E-state index in [0.29, 0.717) is 12.0 Å². The maximum Gasteiger partial charge on any atom is 0.222 e. The third kappa shape index (κ3) is 2.87. The summed E-state index contributed by atoms with van der Waals surface area (Å²) in [5.41, 5.74) is 0.0954. The Morgan fingerprint density at radius 2 is 2.11 bits per heavy atom. The summed E-state index contributed by atoms with van der Waals surface area (Å²) in [6, 6.07) is 2.17. The second-order valence-electron chi connectivity index (χ2n) is 5.55. The fourth-order valence-electron chi connectivity index (χ4n) is 3.12. The molecule has 2 saturated heterocycles. The molecule has 3 rings (SSSR count). The van der Waals surface area contributed by atoms with E-state index in [-0.39, 0.29) is 5.60 Å². The van der Waals surface area contributed by atoms with Crippen molar-refractivity contribution in [3.05, 3.63) is 18.5 Å². The number of anilines is 1. The lowest BCUT2D eigenvalue weighted by molar-refractivity contribution is -0.0424. The molecule has 1 aromatic rings. The van der Waals surface area contributed by atoms with Gasteiger partial charge in [0.25, 0.3) is 0 Å². The van der Waals surface area contributed by atoms with Crippen LogP contribution < -0.4 is 5.32 Å². The largest absolute Gasteiger partial charge is 0.373 e. The number of likely N-dealkylation sites (tertiary alicyclic amines) is 1. The van der Waals surface area contributed by atoms with Gasteiger partial charge in [-0.1, -0.05) is 6.92 Å². The Morgan fingerprint density at radius 3 is 2.79 bits per heavy atom. The minimum atomic E-state index is 0.0954. The van der Waals surface area contributed by atoms with Gasteiger partial charge in [-0.25, -0.2) is 9.97 Å². The Hall–Kier alpha value is -1.20. The highest BCUT2D eigenvalue weighted by Gasteiger charge is 2.42. The summed E-state index contributed by atoms with van der Waals surface area (Å²) in [7, 11) is 0. The number of rotatable bonds is 3. The molecular weight excluding hydrogens is 240 g/mol. The van der Waals surface area contributed by atoms with Crippen LogP contribution in [0.3, 0.4) is 0 Å². The zero-order valence-electron chi connectivity index (χ0n) is 11.5. The van der Waals surface area contributed by atoms with E-state index >= 15 is 0 Å². The molecule has 1 atom stereocenters. The minimum Gasteiger partial charge on any atom is -0.373 e. The van der Waals surface area contributed by atoms with Gasteiger partial charge in [0.15, 0.2) is 0 Å². The molecule has 5 heteroatoms. The van der Waals surface area contributed by atoms with E-state index in [0.717, 1.165) is 45.5 Å². The molecule has 2 aliphatic heterocycles. The molecule has 2 aliphatic rings. The Balaban J connectivity index is 1.56. The third-order valence-corrected chi connectivity index (χ3v) is 4.32. The molecule has 0 aromatic carbocycles. The van der Waals surface area contributed by atoms with E-state index in [2.05, 4.69) is 27.1 Å². The van der Waals surface area contributed by atoms with Crippen molar-refractivity contribution in [1.29, 1.82) is 0 Å². The van der Waals surface area contributed by atoms with E-state index in [1.807, 2.05) is 6.07 Å². The summed E-state index contributed by atoms with van der Waals surface area (Å²) in [4.78, 5) is 10.9. The van der Waals surface area contributed by atoms with Gasteiger partial charge >= 0.3 is 0 Å². The summed E-state index contributed by atoms with van der Waals surface area (Å²) in [6.45, 7) is 6.46. The second-order valence-corrected chi connectivity index (χ2v) is 5.55. The molecule has 0 radical (unpaired) electrons. The zero-order chi connectivity index (χ0) is 13.1. The number of piperidine rings is 1. The Kier molecular flexibility index (Phi) is 3.66. The monoisotopic (exact) mass is 262 g/mol. The Bertz CT molecular complexity index is 403. The lowest BCUT2D eigenvalue weighted by Gasteiger charge is -2.38. The quantitative estimate of drug-likeness (QED) is 0.895. The number of aromatic nitrogens is 2. The van der Waals surface area contributed by atoms with Crippen LogP contribution in [0.15, 0.2) is 18.5 Å². The number of ether oxygens (including phenoxy) is 1. The summed E-state index contributed by atoms with van der Waals surface area (Å²) in [5, 5.41) is 3.38. The maximum atomic E-state index is 6.11. The zero-order valence-corrected chi connectivity index (χ0v) is 11.5. The van der Waals surface area contributed by atoms with Gasteiger partial charge in [0.2, 0.25) is 5.95 Å². The van der Waals surface area contributed by atoms with Crippen molar-refractivity contribution in [3.63, 3.8) is 0 Å². The molecule has 3 heterocycles. The summed E-state index contributed by atoms with van der Waals surface area (Å²) < 4.78 is 6.11. The van der Waals surface area contributed by atoms with Crippen molar-refractivity contribution >= 4 is 5.95 Å². The van der Waals surface area contributed by atoms with Crippen LogP contribution in [-0.2, 0) is 4.74 Å². The van der Waals surface area contributed by atoms with Crippen molar-refractivity contribution in [1.82, 2.24) is 14.9 Å². The molecule has 0 bridgehead atoms. The number of hydrogen-bond acceptors (Lipinski definition) is 5. The molecule has 0 aliphatic carbocycles. The Labute approximate surface area is 114 Å². The summed E-state index contributed by atoms with van der Waals surface area (Å²) in [6.07, 6.45) is 6.90. The first-order valence-electron chi connectivity index (χ1n) is 7.19. The molecule has 0 amide bonds. The van der Waals surface area contributed by atoms with Crippen LogP contribution in [0.5, 0.6) is 0 Å². The SMILES string of the molecule is CCN1CCC2(CC1)C[C@H](Nc1ncccn1)CO2. The lowest BCUT2D eigenvalue weighted by Crippen LogP contribution is -2.44. The summed E-state index contributed by atoms with van der Waals surface area (Å²) in [5.74, 6) is 0.708. The molecule has 1 N–H and O–H groups in total. The van der Waals surface area contributed by atoms with Gasteiger partial charge in [-0.15, -0.1) is 0 Å². The van der Waals surface area contributed by atoms with E-state index in [1.54, 1.807) is 12.4 Å². The minimum absolute atomic E-state index is 0.0954. The van der Waals surface area contributed by atoms with E-state index in [4.69, 9.17) is 4.74 Å². The van der Waals surface area contributed by atoms with Crippen molar-refractivity contribution in [2.24, 2.45) is 0 Å². The molecule has 5 nitrogen and oxygen atoms in total. The first kappa shape index (κ1) is 12.8. The Morgan fingerprint density at radius 1 is 1.37 bits per heavy atom. The van der Waals surface area contributed by atoms with Crippen molar-refractivity contribution in [2.45, 2.75) is 37.8 Å². The molecule has 1 aromatic heterocycles. The number of nitrogens with zero attached hydrogens (tertiary/aromatic N) is 3. The van der Waals surface area contributed by atoms with Crippen molar-refractivity contribution in [2.75, 3.05) is 31.6 Å². The fourth-order valence-corrected chi connectivity index (χ4v) is 3.12. The van der Waals surface area contributed by atoms with Crippen LogP contribution >= 0.6 is 0 Å². The molecule has 19 heavy (non-hydrogen) atoms. The second kappa shape index (κ2) is 5.43. The van der Waals surface area contributed by atoms with Gasteiger partial charge in [-0.05, 0) is 31.9 Å². The molecular formula is C14H22N4O. The fraction of sp³-hybridized carbons (Fsp3) is 0.714. The van der Waals surface area contributed by atoms with Gasteiger partial charge in [-0.2, -0.15) is 0 Å². The molecule has 1 spiro atoms. The first-order valence-corrected chi connectivity index (χ1v) is 7.19. The van der Waals surface area contributed by atoms with Crippen LogP contribution in [0.4, 0.5) is 5.95 Å². The van der Waals surface area contributed by atoms with Gasteiger partial charge in [0.05, 0.1) is 18.2 Å². The van der Waals surface area contributed by atoms with Crippen LogP contribution in [0.25, 0.3) is 0 Å². The van der Waals surface area contributed by atoms with Crippen LogP contribution in [0, 0.1) is 0 Å². The van der Waals surface area contributed by atoms with E-state index in [1.165, 1.54) is 0 Å². The van der Waals surface area contributed by atoms with Crippen LogP contribution in [0.1, 0.15) is 26.2 Å². The van der Waals surface area contributed by atoms with Crippen LogP contribution in [0.2, 0.25) is 0 Å². The van der Waals surface area contributed by atoms with Crippen molar-refractivity contribution < 1.29 is 4.74 Å². The average Bonchev–Trinajstić information content (AvgIpc) is 2.84. The normalized spacial score (nSPS) is 26.7. The standard InChI is InChI=1S/C14H22N4O/c1-2-18-8-4-14(5-9-18)10-12(11-19-14)17-13-15-6-3-7-16-13/h3,6-7,12H,2,4-5,8-11H2,1H3,(H,15,16,17)/t12-/m0/s1. The van der Waals surface area contributed by atoms with E-state index < -0.39 is 0 Å². The summed E-state index contributed by atoms with van der Waals surface area (Å²) >= 11 is 0. The van der Waals surface area contributed by atoms with Gasteiger partial charge < -0.3 is 15.0 Å². The lowest BCUT2D eigenvalue weighted by atomic mass is 9.87. The smallest absolute Gasteiger partial charge is 0.222 e. The highest BCUT2D eigenvalue weighted by Crippen LogP contribution is 2.36. The van der Waals surface area contributed by atoms with Gasteiger partial charge in [0, 0.05) is 25.5 Å².